The summed E-state index contributed by atoms with van der Waals surface area (Å²) in [4.78, 5) is 11.7. The van der Waals surface area contributed by atoms with Gasteiger partial charge in [0.25, 0.3) is 0 Å². The van der Waals surface area contributed by atoms with Crippen LogP contribution in [0, 0.1) is 5.92 Å². The molecule has 4 nitrogen and oxygen atoms in total. The molecule has 0 radical (unpaired) electrons. The molecule has 0 amide bonds. The molecule has 0 fully saturated rings. The van der Waals surface area contributed by atoms with Gasteiger partial charge in [0, 0.05) is 25.2 Å². The predicted molar refractivity (Wildman–Crippen MR) is 50.4 cm³/mol. The summed E-state index contributed by atoms with van der Waals surface area (Å²) in [6.07, 6.45) is 1.61. The van der Waals surface area contributed by atoms with E-state index in [4.69, 9.17) is 5.73 Å². The monoisotopic (exact) mass is 181 g/mol. The maximum Gasteiger partial charge on any atom is 0.185 e. The van der Waals surface area contributed by atoms with E-state index in [1.54, 1.807) is 24.0 Å². The lowest BCUT2D eigenvalue weighted by Gasteiger charge is -2.13. The fourth-order valence-electron chi connectivity index (χ4n) is 1.09. The molecule has 0 bridgehead atoms. The Morgan fingerprint density at radius 1 is 1.62 bits per heavy atom. The Labute approximate surface area is 77.7 Å². The van der Waals surface area contributed by atoms with Crippen LogP contribution in [0.4, 0.5) is 0 Å². The molecule has 0 aliphatic carbocycles. The first-order valence-electron chi connectivity index (χ1n) is 4.32. The van der Waals surface area contributed by atoms with Gasteiger partial charge in [-0.2, -0.15) is 5.10 Å². The molecule has 1 aromatic rings. The number of hydrogen-bond acceptors (Lipinski definition) is 3. The van der Waals surface area contributed by atoms with Crippen LogP contribution in [0.2, 0.25) is 0 Å². The molecule has 1 rings (SSSR count). The summed E-state index contributed by atoms with van der Waals surface area (Å²) in [7, 11) is 1.75. The molecule has 2 unspecified atom stereocenters. The van der Waals surface area contributed by atoms with Gasteiger partial charge in [0.05, 0.1) is 0 Å². The van der Waals surface area contributed by atoms with Crippen LogP contribution in [0.15, 0.2) is 12.3 Å². The van der Waals surface area contributed by atoms with E-state index in [1.807, 2.05) is 13.8 Å². The number of Topliss-reactive ketones (excluding diaryl/α,β-unsaturated/α-hetero) is 1. The van der Waals surface area contributed by atoms with Crippen LogP contribution in [0.3, 0.4) is 0 Å². The molecule has 2 atom stereocenters. The third-order valence-corrected chi connectivity index (χ3v) is 2.28. The quantitative estimate of drug-likeness (QED) is 0.694. The third-order valence-electron chi connectivity index (χ3n) is 2.28. The van der Waals surface area contributed by atoms with E-state index in [0.717, 1.165) is 0 Å². The first kappa shape index (κ1) is 9.92. The SMILES string of the molecule is CC(N)C(C)C(=O)c1ccnn1C. The molecular formula is C9H15N3O. The lowest BCUT2D eigenvalue weighted by molar-refractivity contribution is 0.0907. The number of nitrogens with two attached hydrogens (primary N) is 1. The minimum atomic E-state index is -0.157. The summed E-state index contributed by atoms with van der Waals surface area (Å²) in [6, 6.07) is 1.59. The van der Waals surface area contributed by atoms with Gasteiger partial charge in [0.15, 0.2) is 5.78 Å². The first-order valence-corrected chi connectivity index (χ1v) is 4.32. The lowest BCUT2D eigenvalue weighted by atomic mass is 9.97. The van der Waals surface area contributed by atoms with Gasteiger partial charge in [0.1, 0.15) is 5.69 Å². The number of aryl methyl sites for hydroxylation is 1. The van der Waals surface area contributed by atoms with Gasteiger partial charge in [-0.1, -0.05) is 6.92 Å². The van der Waals surface area contributed by atoms with Crippen LogP contribution >= 0.6 is 0 Å². The highest BCUT2D eigenvalue weighted by Crippen LogP contribution is 2.09. The van der Waals surface area contributed by atoms with Gasteiger partial charge in [-0.3, -0.25) is 9.48 Å². The van der Waals surface area contributed by atoms with Crippen molar-refractivity contribution < 1.29 is 4.79 Å². The molecule has 0 saturated carbocycles. The number of carbonyl (C=O) groups excluding carboxylic acids is 1. The highest BCUT2D eigenvalue weighted by atomic mass is 16.1. The molecule has 0 saturated heterocycles. The van der Waals surface area contributed by atoms with Crippen molar-refractivity contribution in [1.29, 1.82) is 0 Å². The van der Waals surface area contributed by atoms with E-state index in [1.165, 1.54) is 0 Å². The van der Waals surface area contributed by atoms with Gasteiger partial charge in [-0.15, -0.1) is 0 Å². The lowest BCUT2D eigenvalue weighted by Crippen LogP contribution is -2.31. The Morgan fingerprint density at radius 3 is 2.62 bits per heavy atom. The van der Waals surface area contributed by atoms with Gasteiger partial charge in [-0.05, 0) is 13.0 Å². The zero-order chi connectivity index (χ0) is 10.0. The number of rotatable bonds is 3. The van der Waals surface area contributed by atoms with Crippen molar-refractivity contribution in [2.45, 2.75) is 19.9 Å². The molecule has 4 heteroatoms. The van der Waals surface area contributed by atoms with Gasteiger partial charge < -0.3 is 5.73 Å². The molecule has 0 aromatic carbocycles. The van der Waals surface area contributed by atoms with Crippen LogP contribution in [0.5, 0.6) is 0 Å². The van der Waals surface area contributed by atoms with Gasteiger partial charge in [-0.25, -0.2) is 0 Å². The normalized spacial score (nSPS) is 15.4. The van der Waals surface area contributed by atoms with Crippen molar-refractivity contribution in [3.8, 4) is 0 Å². The molecule has 0 spiro atoms. The fourth-order valence-corrected chi connectivity index (χ4v) is 1.09. The second-order valence-corrected chi connectivity index (χ2v) is 3.35. The van der Waals surface area contributed by atoms with Crippen LogP contribution in [-0.2, 0) is 7.05 Å². The second-order valence-electron chi connectivity index (χ2n) is 3.35. The van der Waals surface area contributed by atoms with Gasteiger partial charge in [0.2, 0.25) is 0 Å². The number of ketones is 1. The molecule has 13 heavy (non-hydrogen) atoms. The molecule has 0 aliphatic rings. The van der Waals surface area contributed by atoms with Crippen LogP contribution in [-0.4, -0.2) is 21.6 Å². The topological polar surface area (TPSA) is 60.9 Å². The Balaban J connectivity index is 2.86. The van der Waals surface area contributed by atoms with E-state index in [0.29, 0.717) is 5.69 Å². The molecule has 2 N–H and O–H groups in total. The average molecular weight is 181 g/mol. The maximum absolute atomic E-state index is 11.7. The Morgan fingerprint density at radius 2 is 2.23 bits per heavy atom. The standard InChI is InChI=1S/C9H15N3O/c1-6(7(2)10)9(13)8-4-5-11-12(8)3/h4-7H,10H2,1-3H3. The predicted octanol–water partition coefficient (Wildman–Crippen LogP) is 0.586. The zero-order valence-corrected chi connectivity index (χ0v) is 8.19. The minimum Gasteiger partial charge on any atom is -0.327 e. The summed E-state index contributed by atoms with van der Waals surface area (Å²) in [5, 5.41) is 3.93. The second kappa shape index (κ2) is 3.70. The largest absolute Gasteiger partial charge is 0.327 e. The van der Waals surface area contributed by atoms with E-state index >= 15 is 0 Å². The Kier molecular flexibility index (Phi) is 2.83. The van der Waals surface area contributed by atoms with Gasteiger partial charge >= 0.3 is 0 Å². The fraction of sp³-hybridized carbons (Fsp3) is 0.556. The van der Waals surface area contributed by atoms with Crippen molar-refractivity contribution in [2.75, 3.05) is 0 Å². The smallest absolute Gasteiger partial charge is 0.185 e. The summed E-state index contributed by atoms with van der Waals surface area (Å²) in [5.41, 5.74) is 6.26. The van der Waals surface area contributed by atoms with E-state index < -0.39 is 0 Å². The van der Waals surface area contributed by atoms with E-state index in [9.17, 15) is 4.79 Å². The number of nitrogens with zero attached hydrogens (tertiary/aromatic N) is 2. The van der Waals surface area contributed by atoms with Crippen LogP contribution < -0.4 is 5.73 Å². The van der Waals surface area contributed by atoms with Crippen molar-refractivity contribution in [2.24, 2.45) is 18.7 Å². The Bertz CT molecular complexity index is 304. The Hall–Kier alpha value is -1.16. The molecule has 72 valence electrons. The molecule has 1 heterocycles. The van der Waals surface area contributed by atoms with Crippen molar-refractivity contribution in [3.05, 3.63) is 18.0 Å². The van der Waals surface area contributed by atoms with Crippen molar-refractivity contribution in [1.82, 2.24) is 9.78 Å². The maximum atomic E-state index is 11.7. The van der Waals surface area contributed by atoms with Crippen LogP contribution in [0.25, 0.3) is 0 Å². The number of aromatic nitrogens is 2. The van der Waals surface area contributed by atoms with Crippen LogP contribution in [0.1, 0.15) is 24.3 Å². The highest BCUT2D eigenvalue weighted by molar-refractivity contribution is 5.96. The summed E-state index contributed by atoms with van der Waals surface area (Å²) in [6.45, 7) is 3.67. The van der Waals surface area contributed by atoms with Crippen molar-refractivity contribution >= 4 is 5.78 Å². The third kappa shape index (κ3) is 1.95. The zero-order valence-electron chi connectivity index (χ0n) is 8.19. The van der Waals surface area contributed by atoms with E-state index in [-0.39, 0.29) is 17.7 Å². The van der Waals surface area contributed by atoms with E-state index in [2.05, 4.69) is 5.10 Å². The van der Waals surface area contributed by atoms with Crippen molar-refractivity contribution in [3.63, 3.8) is 0 Å². The highest BCUT2D eigenvalue weighted by Gasteiger charge is 2.20. The summed E-state index contributed by atoms with van der Waals surface area (Å²) >= 11 is 0. The average Bonchev–Trinajstić information content (AvgIpc) is 2.48. The molecule has 1 aromatic heterocycles. The summed E-state index contributed by atoms with van der Waals surface area (Å²) < 4.78 is 1.57. The molecular weight excluding hydrogens is 166 g/mol. The minimum absolute atomic E-state index is 0.0509. The first-order chi connectivity index (χ1) is 6.04. The molecule has 0 aliphatic heterocycles. The number of carbonyl (C=O) groups is 1. The number of hydrogen-bond donors (Lipinski definition) is 1. The summed E-state index contributed by atoms with van der Waals surface area (Å²) in [5.74, 6) is -0.106.